The smallest absolute Gasteiger partial charge is 0.303 e. The van der Waals surface area contributed by atoms with E-state index in [0.717, 1.165) is 11.5 Å². The van der Waals surface area contributed by atoms with Gasteiger partial charge < -0.3 is 10.4 Å². The van der Waals surface area contributed by atoms with E-state index >= 15 is 0 Å². The first-order valence-electron chi connectivity index (χ1n) is 6.96. The molecular formula is C16H21NO3S. The molecule has 0 heterocycles. The third kappa shape index (κ3) is 9.73. The van der Waals surface area contributed by atoms with Crippen LogP contribution in [0.25, 0.3) is 6.08 Å². The number of carbonyl (C=O) groups excluding carboxylic acids is 1. The monoisotopic (exact) mass is 307 g/mol. The summed E-state index contributed by atoms with van der Waals surface area (Å²) in [5.41, 5.74) is 1.19. The Balaban J connectivity index is 1.98. The van der Waals surface area contributed by atoms with Crippen molar-refractivity contribution in [3.05, 3.63) is 42.0 Å². The van der Waals surface area contributed by atoms with Crippen molar-refractivity contribution >= 4 is 29.7 Å². The van der Waals surface area contributed by atoms with Crippen LogP contribution >= 0.6 is 11.8 Å². The highest BCUT2D eigenvalue weighted by Gasteiger charge is 2.02. The number of hydrogen-bond acceptors (Lipinski definition) is 3. The molecule has 0 aliphatic carbocycles. The maximum absolute atomic E-state index is 11.4. The van der Waals surface area contributed by atoms with Gasteiger partial charge >= 0.3 is 5.97 Å². The van der Waals surface area contributed by atoms with Crippen molar-refractivity contribution < 1.29 is 14.7 Å². The highest BCUT2D eigenvalue weighted by Crippen LogP contribution is 2.04. The standard InChI is InChI=1S/C16H21NO3S/c18-15(9-4-10-16(19)20)17-11-13-21-12-5-8-14-6-2-1-3-7-14/h1-3,5-8H,4,9-13H2,(H,17,18)(H,19,20). The fraction of sp³-hybridized carbons (Fsp3) is 0.375. The molecular weight excluding hydrogens is 286 g/mol. The van der Waals surface area contributed by atoms with E-state index in [-0.39, 0.29) is 18.7 Å². The van der Waals surface area contributed by atoms with Gasteiger partial charge in [0.2, 0.25) is 5.91 Å². The number of aliphatic carboxylic acids is 1. The number of carboxylic acid groups (broad SMARTS) is 1. The molecule has 2 N–H and O–H groups in total. The zero-order chi connectivity index (χ0) is 15.3. The van der Waals surface area contributed by atoms with Crippen LogP contribution in [-0.2, 0) is 9.59 Å². The molecule has 0 saturated carbocycles. The first kappa shape index (κ1) is 17.3. The maximum Gasteiger partial charge on any atom is 0.303 e. The Morgan fingerprint density at radius 3 is 2.67 bits per heavy atom. The first-order valence-corrected chi connectivity index (χ1v) is 8.12. The van der Waals surface area contributed by atoms with Crippen molar-refractivity contribution in [1.82, 2.24) is 5.32 Å². The quantitative estimate of drug-likeness (QED) is 0.652. The van der Waals surface area contributed by atoms with Crippen molar-refractivity contribution in [3.63, 3.8) is 0 Å². The highest BCUT2D eigenvalue weighted by molar-refractivity contribution is 7.99. The Morgan fingerprint density at radius 2 is 1.95 bits per heavy atom. The Labute approximate surface area is 129 Å². The van der Waals surface area contributed by atoms with E-state index in [4.69, 9.17) is 5.11 Å². The van der Waals surface area contributed by atoms with Gasteiger partial charge in [-0.2, -0.15) is 11.8 Å². The average molecular weight is 307 g/mol. The van der Waals surface area contributed by atoms with Gasteiger partial charge in [0.25, 0.3) is 0 Å². The molecule has 0 aliphatic heterocycles. The number of nitrogens with one attached hydrogen (secondary N) is 1. The van der Waals surface area contributed by atoms with E-state index in [1.165, 1.54) is 5.56 Å². The fourth-order valence-corrected chi connectivity index (χ4v) is 2.30. The minimum atomic E-state index is -0.858. The molecule has 0 atom stereocenters. The van der Waals surface area contributed by atoms with Gasteiger partial charge in [-0.25, -0.2) is 0 Å². The second-order valence-electron chi connectivity index (χ2n) is 4.49. The minimum absolute atomic E-state index is 0.0481. The summed E-state index contributed by atoms with van der Waals surface area (Å²) in [7, 11) is 0. The van der Waals surface area contributed by atoms with Crippen molar-refractivity contribution in [2.45, 2.75) is 19.3 Å². The first-order chi connectivity index (χ1) is 10.2. The second kappa shape index (κ2) is 11.0. The van der Waals surface area contributed by atoms with Gasteiger partial charge in [-0.15, -0.1) is 0 Å². The SMILES string of the molecule is O=C(O)CCCC(=O)NCCSCC=Cc1ccccc1. The van der Waals surface area contributed by atoms with Crippen molar-refractivity contribution in [2.75, 3.05) is 18.1 Å². The van der Waals surface area contributed by atoms with Crippen LogP contribution in [0.4, 0.5) is 0 Å². The van der Waals surface area contributed by atoms with Crippen LogP contribution in [0.1, 0.15) is 24.8 Å². The van der Waals surface area contributed by atoms with Crippen molar-refractivity contribution in [1.29, 1.82) is 0 Å². The van der Waals surface area contributed by atoms with Crippen LogP contribution in [0.3, 0.4) is 0 Å². The number of amides is 1. The van der Waals surface area contributed by atoms with Gasteiger partial charge in [0.15, 0.2) is 0 Å². The summed E-state index contributed by atoms with van der Waals surface area (Å²) in [4.78, 5) is 21.7. The van der Waals surface area contributed by atoms with Crippen LogP contribution in [-0.4, -0.2) is 35.0 Å². The molecule has 0 spiro atoms. The average Bonchev–Trinajstić information content (AvgIpc) is 2.47. The van der Waals surface area contributed by atoms with Crippen LogP contribution < -0.4 is 5.32 Å². The highest BCUT2D eigenvalue weighted by atomic mass is 32.2. The molecule has 0 aromatic heterocycles. The lowest BCUT2D eigenvalue weighted by molar-refractivity contribution is -0.137. The number of thioether (sulfide) groups is 1. The molecule has 4 nitrogen and oxygen atoms in total. The summed E-state index contributed by atoms with van der Waals surface area (Å²) in [5, 5.41) is 11.3. The molecule has 0 fully saturated rings. The maximum atomic E-state index is 11.4. The molecule has 0 bridgehead atoms. The molecule has 1 amide bonds. The van der Waals surface area contributed by atoms with Crippen LogP contribution in [0.15, 0.2) is 36.4 Å². The summed E-state index contributed by atoms with van der Waals surface area (Å²) in [6.45, 7) is 0.621. The Kier molecular flexibility index (Phi) is 9.04. The van der Waals surface area contributed by atoms with Crippen molar-refractivity contribution in [2.24, 2.45) is 0 Å². The summed E-state index contributed by atoms with van der Waals surface area (Å²) < 4.78 is 0. The minimum Gasteiger partial charge on any atom is -0.481 e. The normalized spacial score (nSPS) is 10.7. The summed E-state index contributed by atoms with van der Waals surface area (Å²) in [6.07, 6.45) is 4.91. The molecule has 0 aliphatic rings. The largest absolute Gasteiger partial charge is 0.481 e. The molecule has 114 valence electrons. The molecule has 1 aromatic rings. The van der Waals surface area contributed by atoms with Gasteiger partial charge in [-0.05, 0) is 12.0 Å². The van der Waals surface area contributed by atoms with Crippen LogP contribution in [0, 0.1) is 0 Å². The zero-order valence-electron chi connectivity index (χ0n) is 12.0. The molecule has 0 saturated heterocycles. The van der Waals surface area contributed by atoms with Gasteiger partial charge in [-0.1, -0.05) is 42.5 Å². The van der Waals surface area contributed by atoms with E-state index in [0.29, 0.717) is 13.0 Å². The van der Waals surface area contributed by atoms with Gasteiger partial charge in [0.1, 0.15) is 0 Å². The second-order valence-corrected chi connectivity index (χ2v) is 5.64. The third-order valence-corrected chi connectivity index (χ3v) is 3.61. The van der Waals surface area contributed by atoms with E-state index in [1.54, 1.807) is 11.8 Å². The molecule has 21 heavy (non-hydrogen) atoms. The number of carbonyl (C=O) groups is 2. The Hall–Kier alpha value is -1.75. The van der Waals surface area contributed by atoms with Gasteiger partial charge in [0.05, 0.1) is 0 Å². The lowest BCUT2D eigenvalue weighted by atomic mass is 10.2. The molecule has 1 aromatic carbocycles. The van der Waals surface area contributed by atoms with E-state index in [2.05, 4.69) is 29.6 Å². The van der Waals surface area contributed by atoms with Crippen LogP contribution in [0.2, 0.25) is 0 Å². The van der Waals surface area contributed by atoms with E-state index in [1.807, 2.05) is 18.2 Å². The Morgan fingerprint density at radius 1 is 1.19 bits per heavy atom. The van der Waals surface area contributed by atoms with Gasteiger partial charge in [-0.3, -0.25) is 9.59 Å². The predicted molar refractivity (Wildman–Crippen MR) is 87.3 cm³/mol. The Bertz CT molecular complexity index is 460. The summed E-state index contributed by atoms with van der Waals surface area (Å²) >= 11 is 1.75. The number of hydrogen-bond donors (Lipinski definition) is 2. The topological polar surface area (TPSA) is 66.4 Å². The summed E-state index contributed by atoms with van der Waals surface area (Å²) in [5.74, 6) is 0.827. The molecule has 0 unspecified atom stereocenters. The van der Waals surface area contributed by atoms with Crippen molar-refractivity contribution in [3.8, 4) is 0 Å². The number of benzene rings is 1. The van der Waals surface area contributed by atoms with Gasteiger partial charge in [0, 0.05) is 30.9 Å². The van der Waals surface area contributed by atoms with E-state index in [9.17, 15) is 9.59 Å². The zero-order valence-corrected chi connectivity index (χ0v) is 12.8. The lowest BCUT2D eigenvalue weighted by Gasteiger charge is -2.03. The molecule has 1 rings (SSSR count). The number of rotatable bonds is 10. The lowest BCUT2D eigenvalue weighted by Crippen LogP contribution is -2.25. The molecule has 5 heteroatoms. The predicted octanol–water partition coefficient (Wildman–Crippen LogP) is 2.80. The number of carboxylic acids is 1. The van der Waals surface area contributed by atoms with Crippen LogP contribution in [0.5, 0.6) is 0 Å². The summed E-state index contributed by atoms with van der Waals surface area (Å²) in [6, 6.07) is 10.1. The fourth-order valence-electron chi connectivity index (χ4n) is 1.65. The van der Waals surface area contributed by atoms with E-state index < -0.39 is 5.97 Å². The molecule has 0 radical (unpaired) electrons. The third-order valence-electron chi connectivity index (χ3n) is 2.69.